The molecule has 0 bridgehead atoms. The van der Waals surface area contributed by atoms with Gasteiger partial charge in [-0.05, 0) is 12.1 Å². The third-order valence-electron chi connectivity index (χ3n) is 2.66. The maximum Gasteiger partial charge on any atom is 0.133 e. The van der Waals surface area contributed by atoms with Crippen molar-refractivity contribution < 1.29 is 15.3 Å². The molecule has 4 heteroatoms. The minimum Gasteiger partial charge on any atom is -0.508 e. The van der Waals surface area contributed by atoms with Gasteiger partial charge in [-0.25, -0.2) is 0 Å². The van der Waals surface area contributed by atoms with Gasteiger partial charge in [-0.3, -0.25) is 4.48 Å². The van der Waals surface area contributed by atoms with Crippen molar-refractivity contribution in [3.63, 3.8) is 0 Å². The lowest BCUT2D eigenvalue weighted by atomic mass is 10.2. The molecule has 0 spiro atoms. The summed E-state index contributed by atoms with van der Waals surface area (Å²) in [4.78, 5) is 0. The molecule has 1 aromatic carbocycles. The molecular formula is C11H18NO3+. The van der Waals surface area contributed by atoms with E-state index in [2.05, 4.69) is 0 Å². The summed E-state index contributed by atoms with van der Waals surface area (Å²) in [5.74, 6) is 0.221. The average Bonchev–Trinajstić information content (AvgIpc) is 2.19. The lowest BCUT2D eigenvalue weighted by Gasteiger charge is -2.32. The minimum atomic E-state index is 0.0668. The molecule has 84 valence electrons. The number of nitrogens with zero attached hydrogens (tertiary/aromatic N) is 1. The predicted molar refractivity (Wildman–Crippen MR) is 59.7 cm³/mol. The van der Waals surface area contributed by atoms with Gasteiger partial charge in [0.15, 0.2) is 0 Å². The summed E-state index contributed by atoms with van der Waals surface area (Å²) in [5.41, 5.74) is 0.968. The molecule has 0 aliphatic heterocycles. The van der Waals surface area contributed by atoms with Gasteiger partial charge in [-0.2, -0.15) is 0 Å². The normalized spacial score (nSPS) is 11.7. The molecule has 0 aliphatic carbocycles. The Morgan fingerprint density at radius 1 is 1.00 bits per heavy atom. The Morgan fingerprint density at radius 2 is 1.47 bits per heavy atom. The lowest BCUT2D eigenvalue weighted by molar-refractivity contribution is 0.185. The number of benzene rings is 1. The van der Waals surface area contributed by atoms with Gasteiger partial charge < -0.3 is 15.3 Å². The maximum absolute atomic E-state index is 9.18. The van der Waals surface area contributed by atoms with E-state index < -0.39 is 0 Å². The second-order valence-electron chi connectivity index (χ2n) is 3.81. The first-order chi connectivity index (χ1) is 7.12. The highest BCUT2D eigenvalue weighted by Crippen LogP contribution is 2.22. The molecule has 0 atom stereocenters. The maximum atomic E-state index is 9.18. The van der Waals surface area contributed by atoms with Crippen LogP contribution in [0.3, 0.4) is 0 Å². The molecule has 3 N–H and O–H groups in total. The van der Waals surface area contributed by atoms with Gasteiger partial charge in [0, 0.05) is 12.1 Å². The molecule has 0 aliphatic rings. The fourth-order valence-corrected chi connectivity index (χ4v) is 1.62. The lowest BCUT2D eigenvalue weighted by Crippen LogP contribution is -2.49. The first kappa shape index (κ1) is 12.0. The van der Waals surface area contributed by atoms with E-state index in [4.69, 9.17) is 10.2 Å². The molecule has 0 unspecified atom stereocenters. The Bertz CT molecular complexity index is 291. The van der Waals surface area contributed by atoms with Crippen LogP contribution in [0.4, 0.5) is 5.69 Å². The number of hydrogen-bond acceptors (Lipinski definition) is 3. The largest absolute Gasteiger partial charge is 0.508 e. The van der Waals surface area contributed by atoms with E-state index in [0.29, 0.717) is 17.6 Å². The summed E-state index contributed by atoms with van der Waals surface area (Å²) < 4.78 is 0.466. The predicted octanol–water partition coefficient (Wildman–Crippen LogP) is 0.314. The zero-order chi connectivity index (χ0) is 11.3. The van der Waals surface area contributed by atoms with E-state index in [1.165, 1.54) is 0 Å². The Kier molecular flexibility index (Phi) is 4.08. The van der Waals surface area contributed by atoms with Crippen LogP contribution in [0.1, 0.15) is 0 Å². The first-order valence-electron chi connectivity index (χ1n) is 4.98. The van der Waals surface area contributed by atoms with Gasteiger partial charge in [0.25, 0.3) is 0 Å². The van der Waals surface area contributed by atoms with E-state index in [1.54, 1.807) is 24.3 Å². The molecule has 0 saturated carbocycles. The van der Waals surface area contributed by atoms with Crippen LogP contribution < -0.4 is 4.48 Å². The van der Waals surface area contributed by atoms with Gasteiger partial charge in [0.2, 0.25) is 0 Å². The number of phenols is 1. The van der Waals surface area contributed by atoms with E-state index in [1.807, 2.05) is 7.05 Å². The van der Waals surface area contributed by atoms with E-state index >= 15 is 0 Å². The standard InChI is InChI=1S/C11H17NO3/c1-12(6-8-13,7-9-14)10-2-4-11(15)5-3-10/h2-5,13-14H,6-9H2,1H3/p+1. The van der Waals surface area contributed by atoms with Crippen molar-refractivity contribution in [3.8, 4) is 5.75 Å². The number of likely N-dealkylation sites (N-methyl/N-ethyl adjacent to an activating group) is 1. The van der Waals surface area contributed by atoms with Gasteiger partial charge in [-0.15, -0.1) is 0 Å². The number of phenolic OH excluding ortho intramolecular Hbond substituents is 1. The molecule has 0 aromatic heterocycles. The highest BCUT2D eigenvalue weighted by molar-refractivity contribution is 5.45. The van der Waals surface area contributed by atoms with Crippen molar-refractivity contribution >= 4 is 5.69 Å². The smallest absolute Gasteiger partial charge is 0.133 e. The summed E-state index contributed by atoms with van der Waals surface area (Å²) in [6, 6.07) is 6.84. The molecule has 0 fully saturated rings. The molecule has 0 amide bonds. The molecule has 0 radical (unpaired) electrons. The molecule has 4 nitrogen and oxygen atoms in total. The van der Waals surface area contributed by atoms with Gasteiger partial charge in [0.1, 0.15) is 24.5 Å². The second-order valence-corrected chi connectivity index (χ2v) is 3.81. The quantitative estimate of drug-likeness (QED) is 0.616. The van der Waals surface area contributed by atoms with Crippen LogP contribution in [0.25, 0.3) is 0 Å². The second kappa shape index (κ2) is 5.11. The van der Waals surface area contributed by atoms with Crippen LogP contribution in [-0.4, -0.2) is 48.7 Å². The van der Waals surface area contributed by atoms with Crippen molar-refractivity contribution in [2.45, 2.75) is 0 Å². The zero-order valence-corrected chi connectivity index (χ0v) is 8.93. The zero-order valence-electron chi connectivity index (χ0n) is 8.93. The third kappa shape index (κ3) is 2.92. The number of aliphatic hydroxyl groups is 2. The van der Waals surface area contributed by atoms with Crippen LogP contribution in [0.2, 0.25) is 0 Å². The van der Waals surface area contributed by atoms with Gasteiger partial charge in [0.05, 0.1) is 20.3 Å². The molecule has 1 aromatic rings. The number of aromatic hydroxyl groups is 1. The van der Waals surface area contributed by atoms with Gasteiger partial charge >= 0.3 is 0 Å². The molecule has 15 heavy (non-hydrogen) atoms. The van der Waals surface area contributed by atoms with E-state index in [-0.39, 0.29) is 19.0 Å². The summed E-state index contributed by atoms with van der Waals surface area (Å²) in [6.07, 6.45) is 0. The van der Waals surface area contributed by atoms with Gasteiger partial charge in [-0.1, -0.05) is 0 Å². The van der Waals surface area contributed by atoms with Crippen molar-refractivity contribution in [2.75, 3.05) is 33.4 Å². The Morgan fingerprint density at radius 3 is 1.87 bits per heavy atom. The summed E-state index contributed by atoms with van der Waals surface area (Å²) in [6.45, 7) is 1.23. The van der Waals surface area contributed by atoms with E-state index in [0.717, 1.165) is 5.69 Å². The van der Waals surface area contributed by atoms with Crippen molar-refractivity contribution in [3.05, 3.63) is 24.3 Å². The number of quaternary nitrogens is 1. The van der Waals surface area contributed by atoms with Crippen LogP contribution in [0, 0.1) is 0 Å². The first-order valence-corrected chi connectivity index (χ1v) is 4.98. The molecule has 0 saturated heterocycles. The Balaban J connectivity index is 2.92. The molecule has 1 rings (SSSR count). The summed E-state index contributed by atoms with van der Waals surface area (Å²) in [7, 11) is 1.94. The van der Waals surface area contributed by atoms with Crippen LogP contribution in [0.15, 0.2) is 24.3 Å². The summed E-state index contributed by atoms with van der Waals surface area (Å²) >= 11 is 0. The Labute approximate surface area is 89.6 Å². The monoisotopic (exact) mass is 212 g/mol. The third-order valence-corrected chi connectivity index (χ3v) is 2.66. The van der Waals surface area contributed by atoms with Crippen molar-refractivity contribution in [2.24, 2.45) is 0 Å². The average molecular weight is 212 g/mol. The Hall–Kier alpha value is -1.10. The summed E-state index contributed by atoms with van der Waals surface area (Å²) in [5, 5.41) is 27.2. The number of hydrogen-bond donors (Lipinski definition) is 3. The van der Waals surface area contributed by atoms with Crippen molar-refractivity contribution in [1.82, 2.24) is 4.48 Å². The highest BCUT2D eigenvalue weighted by Gasteiger charge is 2.23. The SMILES string of the molecule is C[N+](CCO)(CCO)c1ccc(O)cc1. The number of rotatable bonds is 5. The van der Waals surface area contributed by atoms with Crippen LogP contribution in [0.5, 0.6) is 5.75 Å². The van der Waals surface area contributed by atoms with Crippen LogP contribution >= 0.6 is 0 Å². The molecule has 0 heterocycles. The van der Waals surface area contributed by atoms with Crippen LogP contribution in [-0.2, 0) is 0 Å². The minimum absolute atomic E-state index is 0.0668. The topological polar surface area (TPSA) is 60.7 Å². The van der Waals surface area contributed by atoms with E-state index in [9.17, 15) is 5.11 Å². The highest BCUT2D eigenvalue weighted by atomic mass is 16.3. The fourth-order valence-electron chi connectivity index (χ4n) is 1.62. The number of aliphatic hydroxyl groups excluding tert-OH is 2. The van der Waals surface area contributed by atoms with Crippen molar-refractivity contribution in [1.29, 1.82) is 0 Å². The fraction of sp³-hybridized carbons (Fsp3) is 0.455. The molecular weight excluding hydrogens is 194 g/mol.